The smallest absolute Gasteiger partial charge is 0.335 e. The number of hydrogen-bond acceptors (Lipinski definition) is 4. The van der Waals surface area contributed by atoms with Gasteiger partial charge < -0.3 is 14.6 Å². The Morgan fingerprint density at radius 2 is 1.33 bits per heavy atom. The van der Waals surface area contributed by atoms with Crippen molar-refractivity contribution in [3.63, 3.8) is 0 Å². The monoisotopic (exact) mass is 288 g/mol. The molecule has 0 aliphatic heterocycles. The van der Waals surface area contributed by atoms with Gasteiger partial charge in [-0.15, -0.1) is 0 Å². The van der Waals surface area contributed by atoms with E-state index in [0.717, 1.165) is 12.0 Å². The van der Waals surface area contributed by atoms with Gasteiger partial charge in [0.2, 0.25) is 0 Å². The second-order valence-corrected chi connectivity index (χ2v) is 3.92. The standard InChI is InChI=1S/C8H8O3.C8H8O2/c1-11-7-4-2-6(3-5-7)8(9)10;1-10-8-4-2-7(6-9)3-5-8/h2-5H,1H3,(H,9,10);2-6H,1H3. The van der Waals surface area contributed by atoms with Crippen LogP contribution in [0.3, 0.4) is 0 Å². The predicted molar refractivity (Wildman–Crippen MR) is 78.3 cm³/mol. The summed E-state index contributed by atoms with van der Waals surface area (Å²) in [5, 5.41) is 8.51. The Labute approximate surface area is 122 Å². The van der Waals surface area contributed by atoms with Gasteiger partial charge in [-0.3, -0.25) is 4.79 Å². The minimum absolute atomic E-state index is 0.269. The molecule has 0 aromatic heterocycles. The zero-order valence-corrected chi connectivity index (χ0v) is 11.8. The lowest BCUT2D eigenvalue weighted by molar-refractivity contribution is 0.0696. The van der Waals surface area contributed by atoms with Crippen LogP contribution in [0, 0.1) is 0 Å². The van der Waals surface area contributed by atoms with Gasteiger partial charge in [-0.25, -0.2) is 4.79 Å². The zero-order chi connectivity index (χ0) is 15.7. The third-order valence-electron chi connectivity index (χ3n) is 2.59. The van der Waals surface area contributed by atoms with Crippen LogP contribution in [0.25, 0.3) is 0 Å². The maximum absolute atomic E-state index is 10.4. The van der Waals surface area contributed by atoms with E-state index in [1.807, 2.05) is 0 Å². The summed E-state index contributed by atoms with van der Waals surface area (Å²) >= 11 is 0. The number of carbonyl (C=O) groups excluding carboxylic acids is 1. The van der Waals surface area contributed by atoms with Crippen molar-refractivity contribution in [1.29, 1.82) is 0 Å². The number of aromatic carboxylic acids is 1. The first kappa shape index (κ1) is 16.2. The molecular formula is C16H16O5. The molecule has 21 heavy (non-hydrogen) atoms. The van der Waals surface area contributed by atoms with E-state index in [1.165, 1.54) is 19.2 Å². The number of hydrogen-bond donors (Lipinski definition) is 1. The number of carboxylic acid groups (broad SMARTS) is 1. The number of carboxylic acids is 1. The summed E-state index contributed by atoms with van der Waals surface area (Å²) < 4.78 is 9.75. The van der Waals surface area contributed by atoms with E-state index < -0.39 is 5.97 Å². The van der Waals surface area contributed by atoms with Gasteiger partial charge in [0, 0.05) is 5.56 Å². The Kier molecular flexibility index (Phi) is 6.47. The Hall–Kier alpha value is -2.82. The van der Waals surface area contributed by atoms with E-state index >= 15 is 0 Å². The number of ether oxygens (including phenoxy) is 2. The Balaban J connectivity index is 0.000000211. The normalized spacial score (nSPS) is 9.05. The van der Waals surface area contributed by atoms with Gasteiger partial charge in [-0.05, 0) is 48.5 Å². The molecule has 0 amide bonds. The molecule has 0 saturated carbocycles. The molecule has 2 rings (SSSR count). The molecule has 110 valence electrons. The molecule has 0 atom stereocenters. The van der Waals surface area contributed by atoms with Crippen LogP contribution in [0.2, 0.25) is 0 Å². The highest BCUT2D eigenvalue weighted by molar-refractivity contribution is 5.87. The van der Waals surface area contributed by atoms with E-state index in [-0.39, 0.29) is 5.56 Å². The van der Waals surface area contributed by atoms with Gasteiger partial charge in [-0.1, -0.05) is 0 Å². The Bertz CT molecular complexity index is 573. The number of benzene rings is 2. The highest BCUT2D eigenvalue weighted by Crippen LogP contribution is 2.10. The van der Waals surface area contributed by atoms with Crippen LogP contribution < -0.4 is 9.47 Å². The van der Waals surface area contributed by atoms with Crippen LogP contribution in [0.5, 0.6) is 11.5 Å². The van der Waals surface area contributed by atoms with Gasteiger partial charge in [-0.2, -0.15) is 0 Å². The molecule has 0 aliphatic rings. The molecule has 0 bridgehead atoms. The minimum Gasteiger partial charge on any atom is -0.497 e. The van der Waals surface area contributed by atoms with Gasteiger partial charge in [0.25, 0.3) is 0 Å². The van der Waals surface area contributed by atoms with Crippen LogP contribution in [0.1, 0.15) is 20.7 Å². The van der Waals surface area contributed by atoms with Crippen molar-refractivity contribution in [3.05, 3.63) is 59.7 Å². The Morgan fingerprint density at radius 3 is 1.67 bits per heavy atom. The summed E-state index contributed by atoms with van der Waals surface area (Å²) in [6.45, 7) is 0. The molecule has 2 aromatic rings. The largest absolute Gasteiger partial charge is 0.497 e. The molecule has 0 radical (unpaired) electrons. The summed E-state index contributed by atoms with van der Waals surface area (Å²) in [6, 6.07) is 13.2. The summed E-state index contributed by atoms with van der Waals surface area (Å²) in [4.78, 5) is 20.5. The number of carbonyl (C=O) groups is 2. The average molecular weight is 288 g/mol. The third-order valence-corrected chi connectivity index (χ3v) is 2.59. The summed E-state index contributed by atoms with van der Waals surface area (Å²) in [5.74, 6) is 0.508. The average Bonchev–Trinajstić information content (AvgIpc) is 2.55. The fourth-order valence-corrected chi connectivity index (χ4v) is 1.42. The fourth-order valence-electron chi connectivity index (χ4n) is 1.42. The first-order chi connectivity index (χ1) is 10.1. The molecule has 2 aromatic carbocycles. The first-order valence-corrected chi connectivity index (χ1v) is 6.07. The maximum atomic E-state index is 10.4. The minimum atomic E-state index is -0.923. The first-order valence-electron chi connectivity index (χ1n) is 6.07. The Morgan fingerprint density at radius 1 is 0.905 bits per heavy atom. The molecular weight excluding hydrogens is 272 g/mol. The van der Waals surface area contributed by atoms with E-state index in [9.17, 15) is 9.59 Å². The highest BCUT2D eigenvalue weighted by Gasteiger charge is 2.00. The lowest BCUT2D eigenvalue weighted by atomic mass is 10.2. The third kappa shape index (κ3) is 5.36. The zero-order valence-electron chi connectivity index (χ0n) is 11.8. The summed E-state index contributed by atoms with van der Waals surface area (Å²) in [6.07, 6.45) is 0.805. The van der Waals surface area contributed by atoms with E-state index in [4.69, 9.17) is 14.6 Å². The van der Waals surface area contributed by atoms with Gasteiger partial charge >= 0.3 is 5.97 Å². The van der Waals surface area contributed by atoms with Crippen molar-refractivity contribution in [2.75, 3.05) is 14.2 Å². The maximum Gasteiger partial charge on any atom is 0.335 e. The molecule has 5 heteroatoms. The number of aldehydes is 1. The molecule has 0 heterocycles. The molecule has 0 aliphatic carbocycles. The van der Waals surface area contributed by atoms with E-state index in [1.54, 1.807) is 43.5 Å². The number of methoxy groups -OCH3 is 2. The summed E-state index contributed by atoms with van der Waals surface area (Å²) in [5.41, 5.74) is 0.937. The molecule has 0 unspecified atom stereocenters. The van der Waals surface area contributed by atoms with Gasteiger partial charge in [0.1, 0.15) is 17.8 Å². The van der Waals surface area contributed by atoms with Crippen molar-refractivity contribution in [1.82, 2.24) is 0 Å². The predicted octanol–water partition coefficient (Wildman–Crippen LogP) is 2.90. The summed E-state index contributed by atoms with van der Waals surface area (Å²) in [7, 11) is 3.13. The lowest BCUT2D eigenvalue weighted by Gasteiger charge is -1.98. The van der Waals surface area contributed by atoms with Crippen LogP contribution in [0.15, 0.2) is 48.5 Å². The van der Waals surface area contributed by atoms with Crippen molar-refractivity contribution in [2.24, 2.45) is 0 Å². The highest BCUT2D eigenvalue weighted by atomic mass is 16.5. The van der Waals surface area contributed by atoms with Crippen LogP contribution >= 0.6 is 0 Å². The molecule has 0 fully saturated rings. The van der Waals surface area contributed by atoms with Crippen LogP contribution in [0.4, 0.5) is 0 Å². The molecule has 0 spiro atoms. The molecule has 0 saturated heterocycles. The SMILES string of the molecule is COc1ccc(C(=O)O)cc1.COc1ccc(C=O)cc1. The van der Waals surface area contributed by atoms with Crippen molar-refractivity contribution >= 4 is 12.3 Å². The lowest BCUT2D eigenvalue weighted by Crippen LogP contribution is -1.95. The van der Waals surface area contributed by atoms with Gasteiger partial charge in [0.05, 0.1) is 19.8 Å². The van der Waals surface area contributed by atoms with Crippen LogP contribution in [-0.2, 0) is 0 Å². The quantitative estimate of drug-likeness (QED) is 0.876. The van der Waals surface area contributed by atoms with Crippen molar-refractivity contribution in [3.8, 4) is 11.5 Å². The topological polar surface area (TPSA) is 72.8 Å². The van der Waals surface area contributed by atoms with Crippen LogP contribution in [-0.4, -0.2) is 31.6 Å². The van der Waals surface area contributed by atoms with Gasteiger partial charge in [0.15, 0.2) is 0 Å². The van der Waals surface area contributed by atoms with E-state index in [2.05, 4.69) is 0 Å². The number of rotatable bonds is 4. The molecule has 1 N–H and O–H groups in total. The second kappa shape index (κ2) is 8.37. The second-order valence-electron chi connectivity index (χ2n) is 3.92. The molecule has 5 nitrogen and oxygen atoms in total. The van der Waals surface area contributed by atoms with Crippen molar-refractivity contribution in [2.45, 2.75) is 0 Å². The fraction of sp³-hybridized carbons (Fsp3) is 0.125. The van der Waals surface area contributed by atoms with E-state index in [0.29, 0.717) is 11.3 Å². The van der Waals surface area contributed by atoms with Crippen molar-refractivity contribution < 1.29 is 24.2 Å².